The van der Waals surface area contributed by atoms with E-state index in [0.717, 1.165) is 11.0 Å². The minimum atomic E-state index is 0.869. The number of aryl methyl sites for hydroxylation is 1. The fourth-order valence-corrected chi connectivity index (χ4v) is 3.31. The van der Waals surface area contributed by atoms with Crippen molar-refractivity contribution in [1.29, 1.82) is 0 Å². The quantitative estimate of drug-likeness (QED) is 0.863. The maximum atomic E-state index is 3.58. The van der Waals surface area contributed by atoms with Crippen LogP contribution < -0.4 is 10.2 Å². The predicted molar refractivity (Wildman–Crippen MR) is 94.2 cm³/mol. The predicted octanol–water partition coefficient (Wildman–Crippen LogP) is 4.75. The van der Waals surface area contributed by atoms with Crippen LogP contribution in [0.1, 0.15) is 23.1 Å². The zero-order valence-corrected chi connectivity index (χ0v) is 14.2. The van der Waals surface area contributed by atoms with Crippen LogP contribution in [0.2, 0.25) is 0 Å². The molecule has 0 spiro atoms. The van der Waals surface area contributed by atoms with Crippen LogP contribution in [0.5, 0.6) is 0 Å². The van der Waals surface area contributed by atoms with Crippen LogP contribution in [0.3, 0.4) is 0 Å². The summed E-state index contributed by atoms with van der Waals surface area (Å²) in [4.78, 5) is 2.36. The van der Waals surface area contributed by atoms with Crippen molar-refractivity contribution in [3.8, 4) is 0 Å². The molecule has 3 heteroatoms. The fourth-order valence-electron chi connectivity index (χ4n) is 2.94. The van der Waals surface area contributed by atoms with Crippen molar-refractivity contribution in [2.75, 3.05) is 23.8 Å². The molecule has 0 fully saturated rings. The summed E-state index contributed by atoms with van der Waals surface area (Å²) in [6, 6.07) is 13.1. The van der Waals surface area contributed by atoms with E-state index in [1.54, 1.807) is 0 Å². The average Bonchev–Trinajstić information content (AvgIpc) is 2.49. The van der Waals surface area contributed by atoms with E-state index in [1.807, 2.05) is 0 Å². The normalized spacial score (nSPS) is 14.0. The van der Waals surface area contributed by atoms with Crippen LogP contribution in [0.25, 0.3) is 0 Å². The smallest absolute Gasteiger partial charge is 0.0401 e. The summed E-state index contributed by atoms with van der Waals surface area (Å²) in [7, 11) is 2.18. The van der Waals surface area contributed by atoms with E-state index < -0.39 is 0 Å². The summed E-state index contributed by atoms with van der Waals surface area (Å²) in [5.41, 5.74) is 6.68. The van der Waals surface area contributed by atoms with E-state index in [9.17, 15) is 0 Å². The van der Waals surface area contributed by atoms with Crippen molar-refractivity contribution in [3.05, 3.63) is 57.6 Å². The Morgan fingerprint density at radius 3 is 2.95 bits per heavy atom. The first-order valence-electron chi connectivity index (χ1n) is 7.47. The number of anilines is 2. The summed E-state index contributed by atoms with van der Waals surface area (Å²) in [5, 5.41) is 3.54. The molecule has 0 atom stereocenters. The number of nitrogens with one attached hydrogen (secondary N) is 1. The maximum absolute atomic E-state index is 3.58. The first-order valence-corrected chi connectivity index (χ1v) is 8.26. The summed E-state index contributed by atoms with van der Waals surface area (Å²) >= 11 is 3.58. The Kier molecular flexibility index (Phi) is 4.20. The third-order valence-corrected chi connectivity index (χ3v) is 5.10. The molecule has 0 saturated heterocycles. The number of hydrogen-bond acceptors (Lipinski definition) is 2. The highest BCUT2D eigenvalue weighted by atomic mass is 79.9. The largest absolute Gasteiger partial charge is 0.381 e. The van der Waals surface area contributed by atoms with Gasteiger partial charge in [-0.3, -0.25) is 0 Å². The van der Waals surface area contributed by atoms with Gasteiger partial charge in [-0.15, -0.1) is 0 Å². The van der Waals surface area contributed by atoms with E-state index in [4.69, 9.17) is 0 Å². The van der Waals surface area contributed by atoms with Gasteiger partial charge in [-0.25, -0.2) is 0 Å². The summed E-state index contributed by atoms with van der Waals surface area (Å²) in [6.45, 7) is 4.17. The van der Waals surface area contributed by atoms with Gasteiger partial charge in [0.15, 0.2) is 0 Å². The van der Waals surface area contributed by atoms with Crippen molar-refractivity contribution < 1.29 is 0 Å². The average molecular weight is 345 g/mol. The Morgan fingerprint density at radius 1 is 1.24 bits per heavy atom. The molecular weight excluding hydrogens is 324 g/mol. The second-order valence-electron chi connectivity index (χ2n) is 5.75. The zero-order chi connectivity index (χ0) is 14.8. The number of nitrogens with zero attached hydrogens (tertiary/aromatic N) is 1. The molecular formula is C18H21BrN2. The molecule has 1 aliphatic heterocycles. The molecule has 0 bridgehead atoms. The Balaban J connectivity index is 1.75. The van der Waals surface area contributed by atoms with Crippen LogP contribution in [0.4, 0.5) is 11.4 Å². The molecule has 21 heavy (non-hydrogen) atoms. The second kappa shape index (κ2) is 6.10. The van der Waals surface area contributed by atoms with Crippen molar-refractivity contribution in [2.24, 2.45) is 0 Å². The first-order chi connectivity index (χ1) is 10.1. The van der Waals surface area contributed by atoms with Gasteiger partial charge in [0.25, 0.3) is 0 Å². The lowest BCUT2D eigenvalue weighted by atomic mass is 9.99. The highest BCUT2D eigenvalue weighted by molar-refractivity contribution is 9.10. The van der Waals surface area contributed by atoms with Crippen LogP contribution in [-0.4, -0.2) is 13.6 Å². The summed E-state index contributed by atoms with van der Waals surface area (Å²) in [6.07, 6.45) is 2.45. The van der Waals surface area contributed by atoms with Crippen molar-refractivity contribution in [3.63, 3.8) is 0 Å². The van der Waals surface area contributed by atoms with Crippen LogP contribution >= 0.6 is 15.9 Å². The van der Waals surface area contributed by atoms with Gasteiger partial charge in [-0.2, -0.15) is 0 Å². The molecule has 1 N–H and O–H groups in total. The van der Waals surface area contributed by atoms with Gasteiger partial charge in [-0.05, 0) is 54.7 Å². The van der Waals surface area contributed by atoms with Gasteiger partial charge in [0.05, 0.1) is 0 Å². The molecule has 1 aliphatic rings. The van der Waals surface area contributed by atoms with Crippen molar-refractivity contribution in [1.82, 2.24) is 0 Å². The lowest BCUT2D eigenvalue weighted by molar-refractivity contribution is 0.743. The molecule has 2 aromatic carbocycles. The van der Waals surface area contributed by atoms with Gasteiger partial charge in [0, 0.05) is 36.0 Å². The standard InChI is InChI=1S/C18H21BrN2/c1-13-16(19)6-3-7-17(13)20-12-14-8-9-18-15(11-14)5-4-10-21(18)2/h3,6-9,11,20H,4-5,10,12H2,1-2H3. The van der Waals surface area contributed by atoms with E-state index >= 15 is 0 Å². The van der Waals surface area contributed by atoms with Crippen molar-refractivity contribution >= 4 is 27.3 Å². The number of hydrogen-bond donors (Lipinski definition) is 1. The van der Waals surface area contributed by atoms with Gasteiger partial charge in [0.2, 0.25) is 0 Å². The molecule has 1 heterocycles. The Morgan fingerprint density at radius 2 is 2.10 bits per heavy atom. The third kappa shape index (κ3) is 3.08. The van der Waals surface area contributed by atoms with Gasteiger partial charge in [0.1, 0.15) is 0 Å². The highest BCUT2D eigenvalue weighted by Crippen LogP contribution is 2.28. The zero-order valence-electron chi connectivity index (χ0n) is 12.6. The Bertz CT molecular complexity index is 652. The van der Waals surface area contributed by atoms with Gasteiger partial charge >= 0.3 is 0 Å². The molecule has 3 rings (SSSR count). The lowest BCUT2D eigenvalue weighted by Crippen LogP contribution is -2.24. The van der Waals surface area contributed by atoms with E-state index in [1.165, 1.54) is 47.5 Å². The number of halogens is 1. The number of benzene rings is 2. The second-order valence-corrected chi connectivity index (χ2v) is 6.61. The minimum Gasteiger partial charge on any atom is -0.381 e. The third-order valence-electron chi connectivity index (χ3n) is 4.25. The van der Waals surface area contributed by atoms with E-state index in [-0.39, 0.29) is 0 Å². The van der Waals surface area contributed by atoms with E-state index in [2.05, 4.69) is 76.5 Å². The molecule has 0 amide bonds. The van der Waals surface area contributed by atoms with Gasteiger partial charge in [-0.1, -0.05) is 34.1 Å². The van der Waals surface area contributed by atoms with Gasteiger partial charge < -0.3 is 10.2 Å². The molecule has 110 valence electrons. The molecule has 2 aromatic rings. The van der Waals surface area contributed by atoms with Crippen LogP contribution in [-0.2, 0) is 13.0 Å². The molecule has 0 aliphatic carbocycles. The lowest BCUT2D eigenvalue weighted by Gasteiger charge is -2.28. The molecule has 0 unspecified atom stereocenters. The summed E-state index contributed by atoms with van der Waals surface area (Å²) < 4.78 is 1.15. The Hall–Kier alpha value is -1.48. The molecule has 0 saturated carbocycles. The maximum Gasteiger partial charge on any atom is 0.0401 e. The number of rotatable bonds is 3. The topological polar surface area (TPSA) is 15.3 Å². The van der Waals surface area contributed by atoms with Crippen LogP contribution in [0, 0.1) is 6.92 Å². The minimum absolute atomic E-state index is 0.869. The fraction of sp³-hybridized carbons (Fsp3) is 0.333. The van der Waals surface area contributed by atoms with E-state index in [0.29, 0.717) is 0 Å². The highest BCUT2D eigenvalue weighted by Gasteiger charge is 2.13. The number of fused-ring (bicyclic) bond motifs is 1. The molecule has 2 nitrogen and oxygen atoms in total. The molecule has 0 radical (unpaired) electrons. The summed E-state index contributed by atoms with van der Waals surface area (Å²) in [5.74, 6) is 0. The van der Waals surface area contributed by atoms with Crippen molar-refractivity contribution in [2.45, 2.75) is 26.3 Å². The first kappa shape index (κ1) is 14.5. The SMILES string of the molecule is Cc1c(Br)cccc1NCc1ccc2c(c1)CCCN2C. The van der Waals surface area contributed by atoms with Crippen LogP contribution in [0.15, 0.2) is 40.9 Å². The Labute approximate surface area is 135 Å². The monoisotopic (exact) mass is 344 g/mol. The molecule has 0 aromatic heterocycles.